The van der Waals surface area contributed by atoms with Gasteiger partial charge in [0.15, 0.2) is 0 Å². The average Bonchev–Trinajstić information content (AvgIpc) is 3.37. The summed E-state index contributed by atoms with van der Waals surface area (Å²) in [5.41, 5.74) is 1.76. The molecule has 12 heteroatoms. The number of hydrogen-bond donors (Lipinski definition) is 0. The van der Waals surface area contributed by atoms with E-state index in [2.05, 4.69) is 21.1 Å². The summed E-state index contributed by atoms with van der Waals surface area (Å²) in [4.78, 5) is 36.8. The number of methoxy groups -OCH3 is 1. The van der Waals surface area contributed by atoms with Crippen LogP contribution < -0.4 is 9.64 Å². The number of anilines is 1. The number of pyridine rings is 2. The van der Waals surface area contributed by atoms with Gasteiger partial charge in [-0.3, -0.25) is 9.59 Å². The molecule has 0 aromatic carbocycles. The van der Waals surface area contributed by atoms with Crippen LogP contribution in [0.5, 0.6) is 5.75 Å². The number of fused-ring (bicyclic) bond motifs is 1. The van der Waals surface area contributed by atoms with E-state index >= 15 is 4.39 Å². The topological polar surface area (TPSA) is 110 Å². The van der Waals surface area contributed by atoms with Crippen LogP contribution in [-0.2, 0) is 9.59 Å². The first-order chi connectivity index (χ1) is 19.6. The van der Waals surface area contributed by atoms with E-state index < -0.39 is 11.6 Å². The number of carbonyl (C=O) groups excluding carboxylic acids is 2. The minimum absolute atomic E-state index is 0.216. The molecule has 2 saturated heterocycles. The van der Waals surface area contributed by atoms with Gasteiger partial charge in [-0.05, 0) is 38.7 Å². The smallest absolute Gasteiger partial charge is 0.264 e. The number of carbonyl (C=O) groups is 2. The highest BCUT2D eigenvalue weighted by Gasteiger charge is 2.53. The van der Waals surface area contributed by atoms with Gasteiger partial charge in [-0.25, -0.2) is 13.9 Å². The molecule has 2 aliphatic rings. The highest BCUT2D eigenvalue weighted by Crippen LogP contribution is 2.33. The van der Waals surface area contributed by atoms with Crippen LogP contribution in [0.1, 0.15) is 11.1 Å². The molecule has 0 radical (unpaired) electrons. The van der Waals surface area contributed by atoms with Gasteiger partial charge in [0.05, 0.1) is 26.4 Å². The molecule has 0 spiro atoms. The number of alkyl halides is 1. The van der Waals surface area contributed by atoms with Crippen LogP contribution >= 0.6 is 0 Å². The molecule has 5 heterocycles. The first-order valence-corrected chi connectivity index (χ1v) is 13.4. The summed E-state index contributed by atoms with van der Waals surface area (Å²) in [6, 6.07) is 5.99. The first-order valence-electron chi connectivity index (χ1n) is 13.4. The lowest BCUT2D eigenvalue weighted by atomic mass is 9.94. The summed E-state index contributed by atoms with van der Waals surface area (Å²) in [5.74, 6) is 0.487. The first kappa shape index (κ1) is 28.0. The van der Waals surface area contributed by atoms with E-state index in [1.807, 2.05) is 44.2 Å². The number of piperazine rings is 1. The summed E-state index contributed by atoms with van der Waals surface area (Å²) in [6.45, 7) is 3.96. The monoisotopic (exact) mass is 560 g/mol. The molecule has 41 heavy (non-hydrogen) atoms. The molecular weight excluding hydrogens is 527 g/mol. The fourth-order valence-electron chi connectivity index (χ4n) is 5.23. The Hall–Kier alpha value is -4.50. The van der Waals surface area contributed by atoms with Gasteiger partial charge in [-0.2, -0.15) is 10.4 Å². The van der Waals surface area contributed by atoms with Crippen LogP contribution in [0.3, 0.4) is 0 Å². The zero-order valence-electron chi connectivity index (χ0n) is 23.7. The lowest BCUT2D eigenvalue weighted by molar-refractivity contribution is -0.162. The molecule has 0 aliphatic carbocycles. The van der Waals surface area contributed by atoms with Gasteiger partial charge in [0.25, 0.3) is 5.91 Å². The minimum atomic E-state index is -2.03. The van der Waals surface area contributed by atoms with Crippen molar-refractivity contribution in [2.45, 2.75) is 12.6 Å². The van der Waals surface area contributed by atoms with Crippen LogP contribution in [0.25, 0.3) is 16.6 Å². The molecule has 0 N–H and O–H groups in total. The summed E-state index contributed by atoms with van der Waals surface area (Å²) >= 11 is 0. The molecule has 11 nitrogen and oxygen atoms in total. The van der Waals surface area contributed by atoms with E-state index in [4.69, 9.17) is 4.74 Å². The molecule has 2 amide bonds. The SMILES string of the molecule is COc1cc(-c2cnc(N3CCN(C(=O)C4(F)CN(C(=O)/C=C/CN(C)C)C4)CC3)cc2C)cn2ncc(C#N)c12. The second kappa shape index (κ2) is 11.2. The van der Waals surface area contributed by atoms with Crippen LogP contribution in [0.2, 0.25) is 0 Å². The Morgan fingerprint density at radius 2 is 1.90 bits per heavy atom. The second-order valence-corrected chi connectivity index (χ2v) is 10.7. The molecular formula is C29H33FN8O3. The molecule has 2 fully saturated rings. The summed E-state index contributed by atoms with van der Waals surface area (Å²) in [6.07, 6.45) is 8.30. The normalized spacial score (nSPS) is 16.8. The molecule has 3 aromatic heterocycles. The van der Waals surface area contributed by atoms with Crippen molar-refractivity contribution in [2.75, 3.05) is 71.9 Å². The number of nitriles is 1. The van der Waals surface area contributed by atoms with Crippen molar-refractivity contribution < 1.29 is 18.7 Å². The maximum absolute atomic E-state index is 15.3. The number of amides is 2. The number of halogens is 1. The number of rotatable bonds is 7. The number of nitrogens with zero attached hydrogens (tertiary/aromatic N) is 8. The fourth-order valence-corrected chi connectivity index (χ4v) is 5.23. The average molecular weight is 561 g/mol. The number of ether oxygens (including phenoxy) is 1. The van der Waals surface area contributed by atoms with E-state index in [0.717, 1.165) is 22.5 Å². The Balaban J connectivity index is 1.21. The van der Waals surface area contributed by atoms with Crippen molar-refractivity contribution in [3.8, 4) is 22.9 Å². The largest absolute Gasteiger partial charge is 0.494 e. The molecule has 0 unspecified atom stereocenters. The van der Waals surface area contributed by atoms with E-state index in [1.54, 1.807) is 28.8 Å². The van der Waals surface area contributed by atoms with Crippen molar-refractivity contribution >= 4 is 23.1 Å². The molecule has 0 bridgehead atoms. The van der Waals surface area contributed by atoms with Crippen LogP contribution in [0.15, 0.2) is 42.9 Å². The van der Waals surface area contributed by atoms with E-state index in [0.29, 0.717) is 49.6 Å². The summed E-state index contributed by atoms with van der Waals surface area (Å²) in [7, 11) is 5.34. The van der Waals surface area contributed by atoms with Crippen LogP contribution in [-0.4, -0.2) is 114 Å². The fraction of sp³-hybridized carbons (Fsp3) is 0.414. The maximum Gasteiger partial charge on any atom is 0.264 e. The number of aryl methyl sites for hydroxylation is 1. The van der Waals surface area contributed by atoms with Crippen LogP contribution in [0.4, 0.5) is 10.2 Å². The van der Waals surface area contributed by atoms with Gasteiger partial charge >= 0.3 is 0 Å². The summed E-state index contributed by atoms with van der Waals surface area (Å²) in [5, 5.41) is 13.7. The lowest BCUT2D eigenvalue weighted by Crippen LogP contribution is -2.68. The van der Waals surface area contributed by atoms with Gasteiger partial charge in [-0.15, -0.1) is 0 Å². The van der Waals surface area contributed by atoms with Crippen molar-refractivity contribution in [2.24, 2.45) is 0 Å². The highest BCUT2D eigenvalue weighted by atomic mass is 19.1. The Morgan fingerprint density at radius 1 is 1.17 bits per heavy atom. The van der Waals surface area contributed by atoms with E-state index in [9.17, 15) is 14.9 Å². The van der Waals surface area contributed by atoms with E-state index in [-0.39, 0.29) is 19.0 Å². The third kappa shape index (κ3) is 5.45. The number of likely N-dealkylation sites (tertiary alicyclic amines) is 1. The van der Waals surface area contributed by atoms with Crippen molar-refractivity contribution in [1.29, 1.82) is 5.26 Å². The van der Waals surface area contributed by atoms with E-state index in [1.165, 1.54) is 17.2 Å². The Kier molecular flexibility index (Phi) is 7.64. The van der Waals surface area contributed by atoms with Crippen molar-refractivity contribution in [3.05, 3.63) is 54.0 Å². The minimum Gasteiger partial charge on any atom is -0.494 e. The van der Waals surface area contributed by atoms with Crippen molar-refractivity contribution in [1.82, 2.24) is 29.3 Å². The van der Waals surface area contributed by atoms with Gasteiger partial charge in [0.2, 0.25) is 11.6 Å². The number of hydrogen-bond acceptors (Lipinski definition) is 8. The zero-order valence-corrected chi connectivity index (χ0v) is 23.7. The standard InChI is InChI=1S/C29H33FN8O3/c1-20-12-25(32-16-23(20)21-13-24(41-4)27-22(14-31)15-33-38(27)17-21)35-8-10-36(11-9-35)28(40)29(30)18-37(19-29)26(39)6-5-7-34(2)3/h5-6,12-13,15-17H,7-11,18-19H2,1-4H3/b6-5+. The highest BCUT2D eigenvalue weighted by molar-refractivity contribution is 5.93. The third-order valence-electron chi connectivity index (χ3n) is 7.52. The zero-order chi connectivity index (χ0) is 29.3. The van der Waals surface area contributed by atoms with Gasteiger partial charge in [0, 0.05) is 62.3 Å². The Bertz CT molecular complexity index is 1550. The molecule has 5 rings (SSSR count). The van der Waals surface area contributed by atoms with Crippen molar-refractivity contribution in [3.63, 3.8) is 0 Å². The molecule has 2 aliphatic heterocycles. The van der Waals surface area contributed by atoms with Gasteiger partial charge < -0.3 is 24.3 Å². The van der Waals surface area contributed by atoms with Crippen LogP contribution in [0, 0.1) is 18.3 Å². The Labute approximate surface area is 238 Å². The Morgan fingerprint density at radius 3 is 2.54 bits per heavy atom. The molecule has 0 atom stereocenters. The van der Waals surface area contributed by atoms with Gasteiger partial charge in [-0.1, -0.05) is 6.08 Å². The van der Waals surface area contributed by atoms with Gasteiger partial charge in [0.1, 0.15) is 28.7 Å². The molecule has 3 aromatic rings. The summed E-state index contributed by atoms with van der Waals surface area (Å²) < 4.78 is 22.5. The third-order valence-corrected chi connectivity index (χ3v) is 7.52. The predicted molar refractivity (Wildman–Crippen MR) is 151 cm³/mol. The number of aromatic nitrogens is 3. The predicted octanol–water partition coefficient (Wildman–Crippen LogP) is 1.90. The number of likely N-dealkylation sites (N-methyl/N-ethyl adjacent to an activating group) is 1. The molecule has 0 saturated carbocycles. The maximum atomic E-state index is 15.3. The quantitative estimate of drug-likeness (QED) is 0.403. The lowest BCUT2D eigenvalue weighted by Gasteiger charge is -2.46. The second-order valence-electron chi connectivity index (χ2n) is 10.7. The molecule has 214 valence electrons.